The molecular formula is C24H29FN2O2. The van der Waals surface area contributed by atoms with Gasteiger partial charge in [-0.25, -0.2) is 4.39 Å². The topological polar surface area (TPSA) is 46.3 Å². The molecule has 1 saturated carbocycles. The molecule has 1 heterocycles. The average molecular weight is 397 g/mol. The maximum Gasteiger partial charge on any atom is 0.161 e. The van der Waals surface area contributed by atoms with Gasteiger partial charge in [-0.15, -0.1) is 0 Å². The first-order chi connectivity index (χ1) is 14.2. The first-order valence-corrected chi connectivity index (χ1v) is 10.5. The molecule has 0 atom stereocenters. The van der Waals surface area contributed by atoms with Gasteiger partial charge in [0.15, 0.2) is 11.5 Å². The lowest BCUT2D eigenvalue weighted by Crippen LogP contribution is -2.29. The van der Waals surface area contributed by atoms with E-state index in [4.69, 9.17) is 9.47 Å². The second-order valence-electron chi connectivity index (χ2n) is 7.86. The highest BCUT2D eigenvalue weighted by molar-refractivity contribution is 5.83. The monoisotopic (exact) mass is 396 g/mol. The molecule has 3 aromatic rings. The lowest BCUT2D eigenvalue weighted by atomic mass is 9.78. The molecule has 0 spiro atoms. The van der Waals surface area contributed by atoms with E-state index in [1.54, 1.807) is 13.2 Å². The van der Waals surface area contributed by atoms with Crippen molar-refractivity contribution in [2.24, 2.45) is 5.92 Å². The fourth-order valence-corrected chi connectivity index (χ4v) is 4.41. The number of methoxy groups -OCH3 is 1. The molecule has 2 aromatic carbocycles. The van der Waals surface area contributed by atoms with Gasteiger partial charge < -0.3 is 19.8 Å². The first-order valence-electron chi connectivity index (χ1n) is 10.5. The highest BCUT2D eigenvalue weighted by Crippen LogP contribution is 2.38. The third-order valence-corrected chi connectivity index (χ3v) is 6.00. The van der Waals surface area contributed by atoms with Crippen LogP contribution < -0.4 is 14.8 Å². The SMILES string of the molecule is COc1ccccc1OCCNCC1CCC(c2c[nH]c3ccc(F)cc23)CC1. The number of fused-ring (bicyclic) bond motifs is 1. The number of para-hydroxylation sites is 2. The molecule has 1 fully saturated rings. The van der Waals surface area contributed by atoms with Gasteiger partial charge in [0.05, 0.1) is 7.11 Å². The van der Waals surface area contributed by atoms with Crippen molar-refractivity contribution in [2.45, 2.75) is 31.6 Å². The smallest absolute Gasteiger partial charge is 0.161 e. The number of benzene rings is 2. The molecule has 0 amide bonds. The summed E-state index contributed by atoms with van der Waals surface area (Å²) >= 11 is 0. The molecule has 0 unspecified atom stereocenters. The maximum atomic E-state index is 13.6. The van der Waals surface area contributed by atoms with Crippen molar-refractivity contribution >= 4 is 10.9 Å². The van der Waals surface area contributed by atoms with Crippen LogP contribution in [0.25, 0.3) is 10.9 Å². The average Bonchev–Trinajstić information content (AvgIpc) is 3.17. The molecule has 0 radical (unpaired) electrons. The van der Waals surface area contributed by atoms with Gasteiger partial charge in [0.1, 0.15) is 12.4 Å². The zero-order valence-electron chi connectivity index (χ0n) is 16.9. The van der Waals surface area contributed by atoms with Crippen LogP contribution in [-0.4, -0.2) is 31.8 Å². The Balaban J connectivity index is 1.20. The van der Waals surface area contributed by atoms with E-state index in [0.29, 0.717) is 18.4 Å². The van der Waals surface area contributed by atoms with Crippen molar-refractivity contribution in [2.75, 3.05) is 26.8 Å². The van der Waals surface area contributed by atoms with Crippen LogP contribution in [0.1, 0.15) is 37.2 Å². The van der Waals surface area contributed by atoms with Crippen molar-refractivity contribution in [3.05, 3.63) is 60.0 Å². The highest BCUT2D eigenvalue weighted by atomic mass is 19.1. The number of ether oxygens (including phenoxy) is 2. The number of halogens is 1. The van der Waals surface area contributed by atoms with E-state index in [1.165, 1.54) is 24.5 Å². The summed E-state index contributed by atoms with van der Waals surface area (Å²) in [5.41, 5.74) is 2.30. The van der Waals surface area contributed by atoms with E-state index in [0.717, 1.165) is 48.3 Å². The number of hydrogen-bond donors (Lipinski definition) is 2. The summed E-state index contributed by atoms with van der Waals surface area (Å²) in [5, 5.41) is 4.57. The van der Waals surface area contributed by atoms with Crippen LogP contribution >= 0.6 is 0 Å². The Morgan fingerprint density at radius 2 is 1.86 bits per heavy atom. The second kappa shape index (κ2) is 9.31. The van der Waals surface area contributed by atoms with Crippen molar-refractivity contribution in [3.8, 4) is 11.5 Å². The number of rotatable bonds is 8. The minimum Gasteiger partial charge on any atom is -0.493 e. The van der Waals surface area contributed by atoms with Gasteiger partial charge in [-0.2, -0.15) is 0 Å². The van der Waals surface area contributed by atoms with Crippen LogP contribution in [-0.2, 0) is 0 Å². The van der Waals surface area contributed by atoms with Crippen molar-refractivity contribution in [3.63, 3.8) is 0 Å². The summed E-state index contributed by atoms with van der Waals surface area (Å²) in [5.74, 6) is 2.61. The Bertz CT molecular complexity index is 932. The van der Waals surface area contributed by atoms with Gasteiger partial charge in [0, 0.05) is 23.6 Å². The zero-order valence-corrected chi connectivity index (χ0v) is 16.9. The van der Waals surface area contributed by atoms with Crippen LogP contribution in [0, 0.1) is 11.7 Å². The normalized spacial score (nSPS) is 19.4. The van der Waals surface area contributed by atoms with Crippen molar-refractivity contribution in [1.82, 2.24) is 10.3 Å². The molecule has 2 N–H and O–H groups in total. The fourth-order valence-electron chi connectivity index (χ4n) is 4.41. The fraction of sp³-hybridized carbons (Fsp3) is 0.417. The van der Waals surface area contributed by atoms with E-state index in [2.05, 4.69) is 16.5 Å². The van der Waals surface area contributed by atoms with Crippen molar-refractivity contribution in [1.29, 1.82) is 0 Å². The molecule has 5 heteroatoms. The molecule has 1 aliphatic rings. The molecule has 29 heavy (non-hydrogen) atoms. The van der Waals surface area contributed by atoms with E-state index in [9.17, 15) is 4.39 Å². The quantitative estimate of drug-likeness (QED) is 0.511. The van der Waals surface area contributed by atoms with Crippen LogP contribution in [0.2, 0.25) is 0 Å². The molecule has 0 bridgehead atoms. The predicted molar refractivity (Wildman–Crippen MR) is 114 cm³/mol. The molecule has 4 rings (SSSR count). The summed E-state index contributed by atoms with van der Waals surface area (Å²) in [6.07, 6.45) is 6.80. The minimum atomic E-state index is -0.161. The van der Waals surface area contributed by atoms with E-state index in [-0.39, 0.29) is 5.82 Å². The van der Waals surface area contributed by atoms with Gasteiger partial charge in [0.2, 0.25) is 0 Å². The van der Waals surface area contributed by atoms with E-state index >= 15 is 0 Å². The zero-order chi connectivity index (χ0) is 20.1. The molecule has 0 saturated heterocycles. The van der Waals surface area contributed by atoms with Gasteiger partial charge in [-0.05, 0) is 80.0 Å². The lowest BCUT2D eigenvalue weighted by Gasteiger charge is -2.28. The molecule has 0 aliphatic heterocycles. The summed E-state index contributed by atoms with van der Waals surface area (Å²) in [7, 11) is 1.66. The third-order valence-electron chi connectivity index (χ3n) is 6.00. The lowest BCUT2D eigenvalue weighted by molar-refractivity contribution is 0.275. The molecule has 1 aliphatic carbocycles. The Labute approximate surface area is 171 Å². The summed E-state index contributed by atoms with van der Waals surface area (Å²) in [4.78, 5) is 3.29. The summed E-state index contributed by atoms with van der Waals surface area (Å²) < 4.78 is 24.8. The van der Waals surface area contributed by atoms with Crippen molar-refractivity contribution < 1.29 is 13.9 Å². The maximum absolute atomic E-state index is 13.6. The standard InChI is InChI=1S/C24H29FN2O2/c1-28-23-4-2-3-5-24(23)29-13-12-26-15-17-6-8-18(9-7-17)21-16-27-22-11-10-19(25)14-20(21)22/h2-5,10-11,14,16-18,26-27H,6-9,12-13,15H2,1H3. The Morgan fingerprint density at radius 1 is 1.07 bits per heavy atom. The Morgan fingerprint density at radius 3 is 2.66 bits per heavy atom. The van der Waals surface area contributed by atoms with E-state index in [1.807, 2.05) is 30.3 Å². The summed E-state index contributed by atoms with van der Waals surface area (Å²) in [6.45, 7) is 2.46. The second-order valence-corrected chi connectivity index (χ2v) is 7.86. The third kappa shape index (κ3) is 4.73. The molecular weight excluding hydrogens is 367 g/mol. The summed E-state index contributed by atoms with van der Waals surface area (Å²) in [6, 6.07) is 12.7. The van der Waals surface area contributed by atoms with Gasteiger partial charge >= 0.3 is 0 Å². The molecule has 1 aromatic heterocycles. The highest BCUT2D eigenvalue weighted by Gasteiger charge is 2.24. The number of aromatic amines is 1. The largest absolute Gasteiger partial charge is 0.493 e. The first kappa shape index (κ1) is 19.8. The molecule has 154 valence electrons. The number of aromatic nitrogens is 1. The van der Waals surface area contributed by atoms with Crippen LogP contribution in [0.5, 0.6) is 11.5 Å². The van der Waals surface area contributed by atoms with Gasteiger partial charge in [-0.1, -0.05) is 12.1 Å². The van der Waals surface area contributed by atoms with E-state index < -0.39 is 0 Å². The Kier molecular flexibility index (Phi) is 6.35. The van der Waals surface area contributed by atoms with Gasteiger partial charge in [-0.3, -0.25) is 0 Å². The van der Waals surface area contributed by atoms with Crippen LogP contribution in [0.15, 0.2) is 48.7 Å². The van der Waals surface area contributed by atoms with Gasteiger partial charge in [0.25, 0.3) is 0 Å². The van der Waals surface area contributed by atoms with Crippen LogP contribution in [0.4, 0.5) is 4.39 Å². The number of nitrogens with one attached hydrogen (secondary N) is 2. The number of H-pyrrole nitrogens is 1. The number of hydrogen-bond acceptors (Lipinski definition) is 3. The predicted octanol–water partition coefficient (Wildman–Crippen LogP) is 5.26. The van der Waals surface area contributed by atoms with Crippen LogP contribution in [0.3, 0.4) is 0 Å². The Hall–Kier alpha value is -2.53. The minimum absolute atomic E-state index is 0.161. The molecule has 4 nitrogen and oxygen atoms in total.